The number of rotatable bonds is 3. The zero-order valence-electron chi connectivity index (χ0n) is 15.3. The minimum absolute atomic E-state index is 0.193. The molecule has 0 radical (unpaired) electrons. The number of fused-ring (bicyclic) bond motifs is 1. The molecule has 138 valence electrons. The first-order valence-corrected chi connectivity index (χ1v) is 9.80. The standard InChI is InChI=1S/C19H22N2O4S/c1-12-9-13(2)18(14(3)10-12)26(23,24)20-15-5-6-17-16(11-15)19(22)21(4)7-8-25-17/h5-6,9-11,20H,7-8H2,1-4H3. The van der Waals surface area contributed by atoms with Gasteiger partial charge in [-0.3, -0.25) is 9.52 Å². The van der Waals surface area contributed by atoms with Crippen molar-refractivity contribution in [2.45, 2.75) is 25.7 Å². The molecule has 3 rings (SSSR count). The molecule has 0 unspecified atom stereocenters. The topological polar surface area (TPSA) is 75.7 Å². The lowest BCUT2D eigenvalue weighted by Crippen LogP contribution is -2.27. The summed E-state index contributed by atoms with van der Waals surface area (Å²) >= 11 is 0. The summed E-state index contributed by atoms with van der Waals surface area (Å²) in [5, 5.41) is 0. The molecule has 0 saturated heterocycles. The van der Waals surface area contributed by atoms with Crippen molar-refractivity contribution in [3.05, 3.63) is 52.6 Å². The van der Waals surface area contributed by atoms with E-state index >= 15 is 0 Å². The summed E-state index contributed by atoms with van der Waals surface area (Å²) in [6.45, 7) is 6.37. The van der Waals surface area contributed by atoms with Crippen LogP contribution in [0.3, 0.4) is 0 Å². The molecule has 0 spiro atoms. The number of anilines is 1. The molecule has 2 aromatic rings. The van der Waals surface area contributed by atoms with Crippen molar-refractivity contribution in [3.8, 4) is 5.75 Å². The molecule has 2 aromatic carbocycles. The van der Waals surface area contributed by atoms with E-state index in [-0.39, 0.29) is 10.8 Å². The molecule has 0 bridgehead atoms. The van der Waals surface area contributed by atoms with Crippen LogP contribution >= 0.6 is 0 Å². The number of aryl methyl sites for hydroxylation is 3. The maximum Gasteiger partial charge on any atom is 0.262 e. The second-order valence-corrected chi connectivity index (χ2v) is 8.24. The average molecular weight is 374 g/mol. The molecule has 0 fully saturated rings. The minimum Gasteiger partial charge on any atom is -0.491 e. The van der Waals surface area contributed by atoms with Crippen LogP contribution in [0.1, 0.15) is 27.0 Å². The third-order valence-electron chi connectivity index (χ3n) is 4.37. The van der Waals surface area contributed by atoms with Gasteiger partial charge in [0.2, 0.25) is 0 Å². The maximum atomic E-state index is 12.9. The van der Waals surface area contributed by atoms with Crippen molar-refractivity contribution in [2.75, 3.05) is 24.9 Å². The van der Waals surface area contributed by atoms with Crippen LogP contribution in [-0.2, 0) is 10.0 Å². The summed E-state index contributed by atoms with van der Waals surface area (Å²) < 4.78 is 34.0. The van der Waals surface area contributed by atoms with Crippen molar-refractivity contribution < 1.29 is 17.9 Å². The molecule has 1 aliphatic rings. The van der Waals surface area contributed by atoms with Gasteiger partial charge in [-0.2, -0.15) is 0 Å². The molecule has 0 aromatic heterocycles. The first-order valence-electron chi connectivity index (χ1n) is 8.32. The SMILES string of the molecule is Cc1cc(C)c(S(=O)(=O)Nc2ccc3c(c2)C(=O)N(C)CCO3)c(C)c1. The molecule has 0 saturated carbocycles. The van der Waals surface area contributed by atoms with Crippen LogP contribution < -0.4 is 9.46 Å². The number of nitrogens with one attached hydrogen (secondary N) is 1. The van der Waals surface area contributed by atoms with Gasteiger partial charge in [0.25, 0.3) is 15.9 Å². The lowest BCUT2D eigenvalue weighted by atomic mass is 10.1. The van der Waals surface area contributed by atoms with E-state index in [1.165, 1.54) is 6.07 Å². The lowest BCUT2D eigenvalue weighted by Gasteiger charge is -2.16. The van der Waals surface area contributed by atoms with E-state index in [1.54, 1.807) is 37.9 Å². The van der Waals surface area contributed by atoms with Gasteiger partial charge in [-0.1, -0.05) is 17.7 Å². The van der Waals surface area contributed by atoms with E-state index < -0.39 is 10.0 Å². The van der Waals surface area contributed by atoms with Crippen LogP contribution in [0.2, 0.25) is 0 Å². The number of ether oxygens (including phenoxy) is 1. The number of likely N-dealkylation sites (N-methyl/N-ethyl adjacent to an activating group) is 1. The smallest absolute Gasteiger partial charge is 0.262 e. The second-order valence-electron chi connectivity index (χ2n) is 6.62. The van der Waals surface area contributed by atoms with E-state index in [2.05, 4.69) is 4.72 Å². The fraction of sp³-hybridized carbons (Fsp3) is 0.316. The summed E-state index contributed by atoms with van der Waals surface area (Å²) in [7, 11) is -2.08. The Kier molecular flexibility index (Phi) is 4.66. The lowest BCUT2D eigenvalue weighted by molar-refractivity contribution is 0.0796. The Morgan fingerprint density at radius 2 is 1.73 bits per heavy atom. The van der Waals surface area contributed by atoms with Crippen LogP contribution in [0, 0.1) is 20.8 Å². The average Bonchev–Trinajstić information content (AvgIpc) is 2.66. The van der Waals surface area contributed by atoms with Gasteiger partial charge in [-0.15, -0.1) is 0 Å². The van der Waals surface area contributed by atoms with Crippen molar-refractivity contribution in [1.29, 1.82) is 0 Å². The number of sulfonamides is 1. The highest BCUT2D eigenvalue weighted by molar-refractivity contribution is 7.92. The molecular formula is C19H22N2O4S. The minimum atomic E-state index is -3.77. The highest BCUT2D eigenvalue weighted by Crippen LogP contribution is 2.29. The number of benzene rings is 2. The van der Waals surface area contributed by atoms with E-state index in [9.17, 15) is 13.2 Å². The molecular weight excluding hydrogens is 352 g/mol. The number of hydrogen-bond acceptors (Lipinski definition) is 4. The second kappa shape index (κ2) is 6.64. The Morgan fingerprint density at radius 3 is 2.38 bits per heavy atom. The van der Waals surface area contributed by atoms with Crippen LogP contribution in [-0.4, -0.2) is 39.4 Å². The Labute approximate surface area is 153 Å². The van der Waals surface area contributed by atoms with Gasteiger partial charge >= 0.3 is 0 Å². The Morgan fingerprint density at radius 1 is 1.08 bits per heavy atom. The first kappa shape index (κ1) is 18.3. The van der Waals surface area contributed by atoms with Crippen LogP contribution in [0.5, 0.6) is 5.75 Å². The van der Waals surface area contributed by atoms with E-state index in [0.29, 0.717) is 41.3 Å². The third-order valence-corrected chi connectivity index (χ3v) is 6.05. The monoisotopic (exact) mass is 374 g/mol. The number of amides is 1. The molecule has 1 aliphatic heterocycles. The van der Waals surface area contributed by atoms with Gasteiger partial charge in [0.05, 0.1) is 17.0 Å². The summed E-state index contributed by atoms with van der Waals surface area (Å²) in [6.07, 6.45) is 0. The Bertz CT molecular complexity index is 960. The van der Waals surface area contributed by atoms with Crippen molar-refractivity contribution >= 4 is 21.6 Å². The Hall–Kier alpha value is -2.54. The molecule has 26 heavy (non-hydrogen) atoms. The normalized spacial score (nSPS) is 14.5. The predicted octanol–water partition coefficient (Wildman–Crippen LogP) is 2.88. The van der Waals surface area contributed by atoms with Crippen LogP contribution in [0.15, 0.2) is 35.2 Å². The fourth-order valence-electron chi connectivity index (χ4n) is 3.28. The van der Waals surface area contributed by atoms with Crippen molar-refractivity contribution in [2.24, 2.45) is 0 Å². The number of carbonyl (C=O) groups is 1. The molecule has 1 heterocycles. The van der Waals surface area contributed by atoms with Crippen molar-refractivity contribution in [1.82, 2.24) is 4.90 Å². The van der Waals surface area contributed by atoms with Crippen LogP contribution in [0.25, 0.3) is 0 Å². The van der Waals surface area contributed by atoms with Gasteiger partial charge in [0.1, 0.15) is 12.4 Å². The molecule has 0 aliphatic carbocycles. The van der Waals surface area contributed by atoms with Gasteiger partial charge < -0.3 is 9.64 Å². The Balaban J connectivity index is 1.99. The summed E-state index contributed by atoms with van der Waals surface area (Å²) in [5.41, 5.74) is 3.06. The molecule has 6 nitrogen and oxygen atoms in total. The summed E-state index contributed by atoms with van der Waals surface area (Å²) in [4.78, 5) is 14.3. The van der Waals surface area contributed by atoms with Gasteiger partial charge in [0.15, 0.2) is 0 Å². The zero-order chi connectivity index (χ0) is 19.1. The predicted molar refractivity (Wildman–Crippen MR) is 100 cm³/mol. The zero-order valence-corrected chi connectivity index (χ0v) is 16.1. The first-order chi connectivity index (χ1) is 12.2. The van der Waals surface area contributed by atoms with Gasteiger partial charge in [-0.05, 0) is 50.1 Å². The van der Waals surface area contributed by atoms with Gasteiger partial charge in [0, 0.05) is 12.7 Å². The number of carbonyl (C=O) groups excluding carboxylic acids is 1. The quantitative estimate of drug-likeness (QED) is 0.896. The molecule has 1 N–H and O–H groups in total. The fourth-order valence-corrected chi connectivity index (χ4v) is 4.79. The maximum absolute atomic E-state index is 12.9. The van der Waals surface area contributed by atoms with Gasteiger partial charge in [-0.25, -0.2) is 8.42 Å². The third kappa shape index (κ3) is 3.39. The summed E-state index contributed by atoms with van der Waals surface area (Å²) in [5.74, 6) is 0.270. The number of hydrogen-bond donors (Lipinski definition) is 1. The highest BCUT2D eigenvalue weighted by Gasteiger charge is 2.24. The number of nitrogens with zero attached hydrogens (tertiary/aromatic N) is 1. The highest BCUT2D eigenvalue weighted by atomic mass is 32.2. The van der Waals surface area contributed by atoms with E-state index in [1.807, 2.05) is 19.1 Å². The molecule has 7 heteroatoms. The van der Waals surface area contributed by atoms with E-state index in [0.717, 1.165) is 5.56 Å². The molecule has 0 atom stereocenters. The van der Waals surface area contributed by atoms with Crippen LogP contribution in [0.4, 0.5) is 5.69 Å². The van der Waals surface area contributed by atoms with Crippen molar-refractivity contribution in [3.63, 3.8) is 0 Å². The van der Waals surface area contributed by atoms with E-state index in [4.69, 9.17) is 4.74 Å². The summed E-state index contributed by atoms with van der Waals surface area (Å²) in [6, 6.07) is 8.43. The molecule has 1 amide bonds. The largest absolute Gasteiger partial charge is 0.491 e.